The van der Waals surface area contributed by atoms with Crippen LogP contribution in [-0.2, 0) is 22.2 Å². The smallest absolute Gasteiger partial charge is 0.416 e. The van der Waals surface area contributed by atoms with Gasteiger partial charge in [-0.3, -0.25) is 9.59 Å². The third-order valence-electron chi connectivity index (χ3n) is 4.08. The van der Waals surface area contributed by atoms with E-state index in [-0.39, 0.29) is 18.1 Å². The molecule has 8 heteroatoms. The lowest BCUT2D eigenvalue weighted by molar-refractivity contribution is -0.137. The quantitative estimate of drug-likeness (QED) is 0.778. The molecule has 0 aliphatic carbocycles. The molecule has 0 atom stereocenters. The van der Waals surface area contributed by atoms with Crippen LogP contribution in [0.25, 0.3) is 0 Å². The summed E-state index contributed by atoms with van der Waals surface area (Å²) in [4.78, 5) is 25.3. The van der Waals surface area contributed by atoms with Crippen molar-refractivity contribution in [1.82, 2.24) is 4.90 Å². The fourth-order valence-electron chi connectivity index (χ4n) is 2.55. The van der Waals surface area contributed by atoms with Crippen LogP contribution >= 0.6 is 0 Å². The fraction of sp³-hybridized carbons (Fsp3) is 0.300. The molecule has 0 aromatic heterocycles. The summed E-state index contributed by atoms with van der Waals surface area (Å²) in [5, 5.41) is 2.40. The van der Waals surface area contributed by atoms with Crippen molar-refractivity contribution in [3.8, 4) is 5.75 Å². The molecule has 2 rings (SSSR count). The topological polar surface area (TPSA) is 58.6 Å². The van der Waals surface area contributed by atoms with Crippen LogP contribution in [0.1, 0.15) is 18.1 Å². The Hall–Kier alpha value is -3.03. The minimum absolute atomic E-state index is 0.0264. The van der Waals surface area contributed by atoms with Gasteiger partial charge in [0.1, 0.15) is 5.75 Å². The molecule has 150 valence electrons. The van der Waals surface area contributed by atoms with Crippen molar-refractivity contribution in [2.75, 3.05) is 25.5 Å². The number of anilines is 1. The summed E-state index contributed by atoms with van der Waals surface area (Å²) in [5.74, 6) is -0.149. The Balaban J connectivity index is 1.95. The number of nitrogens with zero attached hydrogens (tertiary/aromatic N) is 1. The number of carbonyl (C=O) groups excluding carboxylic acids is 2. The molecule has 5 nitrogen and oxygen atoms in total. The van der Waals surface area contributed by atoms with Crippen LogP contribution in [0.3, 0.4) is 0 Å². The minimum Gasteiger partial charge on any atom is -0.497 e. The van der Waals surface area contributed by atoms with Gasteiger partial charge in [-0.2, -0.15) is 13.2 Å². The summed E-state index contributed by atoms with van der Waals surface area (Å²) in [5.41, 5.74) is 0.136. The Bertz CT molecular complexity index is 820. The second-order valence-electron chi connectivity index (χ2n) is 6.17. The van der Waals surface area contributed by atoms with Crippen LogP contribution < -0.4 is 10.1 Å². The van der Waals surface area contributed by atoms with Gasteiger partial charge in [0.15, 0.2) is 0 Å². The van der Waals surface area contributed by atoms with Crippen LogP contribution in [0.4, 0.5) is 18.9 Å². The van der Waals surface area contributed by atoms with E-state index in [0.29, 0.717) is 18.7 Å². The predicted molar refractivity (Wildman–Crippen MR) is 99.0 cm³/mol. The number of hydrogen-bond donors (Lipinski definition) is 1. The van der Waals surface area contributed by atoms with Gasteiger partial charge >= 0.3 is 6.18 Å². The molecule has 0 heterocycles. The van der Waals surface area contributed by atoms with Crippen LogP contribution in [0.2, 0.25) is 0 Å². The highest BCUT2D eigenvalue weighted by atomic mass is 19.4. The SMILES string of the molecule is COc1ccc(CCN(CC(=O)Nc2cccc(C(F)(F)F)c2)C(C)=O)cc1. The molecule has 1 N–H and O–H groups in total. The first-order valence-electron chi connectivity index (χ1n) is 8.54. The van der Waals surface area contributed by atoms with Gasteiger partial charge in [-0.25, -0.2) is 0 Å². The number of nitrogens with one attached hydrogen (secondary N) is 1. The number of alkyl halides is 3. The summed E-state index contributed by atoms with van der Waals surface area (Å²) in [7, 11) is 1.56. The number of methoxy groups -OCH3 is 1. The summed E-state index contributed by atoms with van der Waals surface area (Å²) >= 11 is 0. The predicted octanol–water partition coefficient (Wildman–Crippen LogP) is 3.74. The minimum atomic E-state index is -4.50. The maximum atomic E-state index is 12.8. The Morgan fingerprint density at radius 3 is 2.36 bits per heavy atom. The molecule has 0 saturated heterocycles. The summed E-state index contributed by atoms with van der Waals surface area (Å²) in [6.45, 7) is 1.39. The van der Waals surface area contributed by atoms with Crippen molar-refractivity contribution in [3.63, 3.8) is 0 Å². The number of benzene rings is 2. The Morgan fingerprint density at radius 2 is 1.79 bits per heavy atom. The molecule has 0 aliphatic heterocycles. The van der Waals surface area contributed by atoms with Gasteiger partial charge in [0.2, 0.25) is 11.8 Å². The molecule has 0 saturated carbocycles. The van der Waals surface area contributed by atoms with E-state index in [9.17, 15) is 22.8 Å². The molecule has 28 heavy (non-hydrogen) atoms. The van der Waals surface area contributed by atoms with Crippen LogP contribution in [0, 0.1) is 0 Å². The lowest BCUT2D eigenvalue weighted by Gasteiger charge is -2.21. The first-order valence-corrected chi connectivity index (χ1v) is 8.54. The zero-order valence-corrected chi connectivity index (χ0v) is 15.5. The number of amides is 2. The average Bonchev–Trinajstić information content (AvgIpc) is 2.64. The van der Waals surface area contributed by atoms with E-state index in [2.05, 4.69) is 5.32 Å². The average molecular weight is 394 g/mol. The van der Waals surface area contributed by atoms with E-state index in [1.165, 1.54) is 24.0 Å². The molecule has 0 radical (unpaired) electrons. The number of halogens is 3. The summed E-state index contributed by atoms with van der Waals surface area (Å²) < 4.78 is 43.4. The second-order valence-corrected chi connectivity index (χ2v) is 6.17. The number of ether oxygens (including phenoxy) is 1. The molecular formula is C20H21F3N2O3. The van der Waals surface area contributed by atoms with Crippen molar-refractivity contribution >= 4 is 17.5 Å². The van der Waals surface area contributed by atoms with E-state index in [1.54, 1.807) is 19.2 Å². The number of hydrogen-bond acceptors (Lipinski definition) is 3. The van der Waals surface area contributed by atoms with Gasteiger partial charge in [-0.15, -0.1) is 0 Å². The molecule has 0 unspecified atom stereocenters. The van der Waals surface area contributed by atoms with E-state index >= 15 is 0 Å². The van der Waals surface area contributed by atoms with Gasteiger partial charge in [-0.1, -0.05) is 18.2 Å². The molecular weight excluding hydrogens is 373 g/mol. The Kier molecular flexibility index (Phi) is 7.03. The highest BCUT2D eigenvalue weighted by molar-refractivity contribution is 5.94. The monoisotopic (exact) mass is 394 g/mol. The Labute approximate surface area is 161 Å². The zero-order chi connectivity index (χ0) is 20.7. The van der Waals surface area contributed by atoms with Crippen LogP contribution in [0.15, 0.2) is 48.5 Å². The van der Waals surface area contributed by atoms with Crippen molar-refractivity contribution < 1.29 is 27.5 Å². The molecule has 2 aromatic rings. The lowest BCUT2D eigenvalue weighted by atomic mass is 10.1. The van der Waals surface area contributed by atoms with Gasteiger partial charge in [0, 0.05) is 19.2 Å². The largest absolute Gasteiger partial charge is 0.497 e. The number of carbonyl (C=O) groups is 2. The highest BCUT2D eigenvalue weighted by Crippen LogP contribution is 2.30. The number of rotatable bonds is 7. The van der Waals surface area contributed by atoms with Crippen molar-refractivity contribution in [1.29, 1.82) is 0 Å². The molecule has 0 bridgehead atoms. The van der Waals surface area contributed by atoms with E-state index in [4.69, 9.17) is 4.74 Å². The second kappa shape index (κ2) is 9.25. The molecule has 0 spiro atoms. The van der Waals surface area contributed by atoms with Gasteiger partial charge in [-0.05, 0) is 42.3 Å². The third kappa shape index (κ3) is 6.29. The first-order chi connectivity index (χ1) is 13.2. The molecule has 2 amide bonds. The van der Waals surface area contributed by atoms with Crippen LogP contribution in [0.5, 0.6) is 5.75 Å². The van der Waals surface area contributed by atoms with Crippen molar-refractivity contribution in [3.05, 3.63) is 59.7 Å². The normalized spacial score (nSPS) is 11.0. The summed E-state index contributed by atoms with van der Waals surface area (Å²) in [6.07, 6.45) is -3.97. The fourth-order valence-corrected chi connectivity index (χ4v) is 2.55. The zero-order valence-electron chi connectivity index (χ0n) is 15.5. The van der Waals surface area contributed by atoms with Gasteiger partial charge < -0.3 is 15.0 Å². The van der Waals surface area contributed by atoms with E-state index in [1.807, 2.05) is 12.1 Å². The lowest BCUT2D eigenvalue weighted by Crippen LogP contribution is -2.38. The van der Waals surface area contributed by atoms with Crippen molar-refractivity contribution in [2.24, 2.45) is 0 Å². The highest BCUT2D eigenvalue weighted by Gasteiger charge is 2.30. The Morgan fingerprint density at radius 1 is 1.11 bits per heavy atom. The van der Waals surface area contributed by atoms with E-state index in [0.717, 1.165) is 17.7 Å². The maximum absolute atomic E-state index is 12.8. The summed E-state index contributed by atoms with van der Waals surface area (Å²) in [6, 6.07) is 11.7. The molecule has 2 aromatic carbocycles. The van der Waals surface area contributed by atoms with Gasteiger partial charge in [0.25, 0.3) is 0 Å². The third-order valence-corrected chi connectivity index (χ3v) is 4.08. The maximum Gasteiger partial charge on any atom is 0.416 e. The first kappa shape index (κ1) is 21.3. The molecule has 0 aliphatic rings. The van der Waals surface area contributed by atoms with Gasteiger partial charge in [0.05, 0.1) is 19.2 Å². The molecule has 0 fully saturated rings. The van der Waals surface area contributed by atoms with E-state index < -0.39 is 17.6 Å². The van der Waals surface area contributed by atoms with Crippen LogP contribution in [-0.4, -0.2) is 36.9 Å². The standard InChI is InChI=1S/C20H21F3N2O3/c1-14(26)25(11-10-15-6-8-18(28-2)9-7-15)13-19(27)24-17-5-3-4-16(12-17)20(21,22)23/h3-9,12H,10-11,13H2,1-2H3,(H,24,27). The van der Waals surface area contributed by atoms with Crippen molar-refractivity contribution in [2.45, 2.75) is 19.5 Å².